The number of pyridine rings is 1. The molecule has 2 aromatic heterocycles. The van der Waals surface area contributed by atoms with E-state index in [0.717, 1.165) is 39.5 Å². The van der Waals surface area contributed by atoms with Crippen molar-refractivity contribution < 1.29 is 5.21 Å². The van der Waals surface area contributed by atoms with E-state index in [1.807, 2.05) is 40.7 Å². The van der Waals surface area contributed by atoms with Crippen molar-refractivity contribution in [3.8, 4) is 22.4 Å². The summed E-state index contributed by atoms with van der Waals surface area (Å²) >= 11 is 0. The van der Waals surface area contributed by atoms with Crippen LogP contribution in [0.25, 0.3) is 22.4 Å². The third-order valence-electron chi connectivity index (χ3n) is 5.74. The molecule has 0 radical (unpaired) electrons. The van der Waals surface area contributed by atoms with Gasteiger partial charge in [-0.05, 0) is 47.8 Å². The Kier molecular flexibility index (Phi) is 3.27. The highest BCUT2D eigenvalue weighted by Gasteiger charge is 2.56. The Balaban J connectivity index is 1.35. The lowest BCUT2D eigenvalue weighted by atomic mass is 9.44. The number of nitrogens with zero attached hydrogens (tertiary/aromatic N) is 4. The minimum atomic E-state index is -0.328. The molecule has 7 heteroatoms. The Hall–Kier alpha value is -2.93. The summed E-state index contributed by atoms with van der Waals surface area (Å²) in [6.45, 7) is 0.976. The zero-order valence-corrected chi connectivity index (χ0v) is 14.2. The van der Waals surface area contributed by atoms with Crippen molar-refractivity contribution >= 4 is 0 Å². The largest absolute Gasteiger partial charge is 0.275 e. The molecule has 6 rings (SSSR count). The molecule has 2 heterocycles. The summed E-state index contributed by atoms with van der Waals surface area (Å²) in [5.74, 6) is 0.973. The van der Waals surface area contributed by atoms with Gasteiger partial charge in [-0.3, -0.25) is 14.7 Å². The standard InChI is InChI=1S/C19H19N5O2/c25-18-7-16(5-6-24(18)22-26)14-1-3-15(4-2-14)17-11-23(21-20-17)12-19-8-13(9-19)10-19/h1-7,11,13,22,26H,8-10,12H2. The predicted octanol–water partition coefficient (Wildman–Crippen LogP) is 2.51. The van der Waals surface area contributed by atoms with Gasteiger partial charge in [0.15, 0.2) is 0 Å². The highest BCUT2D eigenvalue weighted by Crippen LogP contribution is 2.65. The van der Waals surface area contributed by atoms with E-state index in [2.05, 4.69) is 10.3 Å². The molecular formula is C19H19N5O2. The average molecular weight is 349 g/mol. The molecule has 0 amide bonds. The summed E-state index contributed by atoms with van der Waals surface area (Å²) in [6, 6.07) is 11.1. The molecule has 2 bridgehead atoms. The molecule has 7 nitrogen and oxygen atoms in total. The smallest absolute Gasteiger partial charge is 0.271 e. The average Bonchev–Trinajstić information content (AvgIpc) is 3.06. The van der Waals surface area contributed by atoms with Gasteiger partial charge < -0.3 is 0 Å². The topological polar surface area (TPSA) is 85.0 Å². The van der Waals surface area contributed by atoms with Gasteiger partial charge in [-0.15, -0.1) is 5.10 Å². The Morgan fingerprint density at radius 2 is 1.85 bits per heavy atom. The van der Waals surface area contributed by atoms with Crippen molar-refractivity contribution in [2.24, 2.45) is 11.3 Å². The van der Waals surface area contributed by atoms with Crippen LogP contribution in [0.15, 0.2) is 53.6 Å². The normalized spacial score (nSPS) is 23.2. The Bertz CT molecular complexity index is 1000. The number of nitrogens with one attached hydrogen (secondary N) is 1. The molecule has 26 heavy (non-hydrogen) atoms. The quantitative estimate of drug-likeness (QED) is 0.692. The summed E-state index contributed by atoms with van der Waals surface area (Å²) < 4.78 is 2.97. The number of hydrogen-bond donors (Lipinski definition) is 2. The highest BCUT2D eigenvalue weighted by molar-refractivity contribution is 5.68. The fourth-order valence-corrected chi connectivity index (χ4v) is 4.28. The first-order valence-electron chi connectivity index (χ1n) is 8.78. The van der Waals surface area contributed by atoms with Gasteiger partial charge in [-0.25, -0.2) is 10.3 Å². The van der Waals surface area contributed by atoms with Crippen LogP contribution >= 0.6 is 0 Å². The summed E-state index contributed by atoms with van der Waals surface area (Å²) in [5, 5.41) is 17.4. The van der Waals surface area contributed by atoms with E-state index in [0.29, 0.717) is 5.41 Å². The van der Waals surface area contributed by atoms with Crippen LogP contribution in [0.2, 0.25) is 0 Å². The van der Waals surface area contributed by atoms with E-state index < -0.39 is 0 Å². The van der Waals surface area contributed by atoms with E-state index in [1.54, 1.807) is 6.07 Å². The number of hydrogen-bond acceptors (Lipinski definition) is 5. The number of aromatic nitrogens is 4. The molecule has 1 aromatic carbocycles. The monoisotopic (exact) mass is 349 g/mol. The van der Waals surface area contributed by atoms with E-state index in [4.69, 9.17) is 5.21 Å². The molecule has 0 atom stereocenters. The Morgan fingerprint density at radius 3 is 2.46 bits per heavy atom. The van der Waals surface area contributed by atoms with Gasteiger partial charge in [0.2, 0.25) is 0 Å². The van der Waals surface area contributed by atoms with Crippen LogP contribution in [0.5, 0.6) is 0 Å². The van der Waals surface area contributed by atoms with Crippen molar-refractivity contribution in [3.05, 3.63) is 59.1 Å². The minimum absolute atomic E-state index is 0.328. The fourth-order valence-electron chi connectivity index (χ4n) is 4.28. The first-order chi connectivity index (χ1) is 12.6. The molecule has 3 aliphatic rings. The van der Waals surface area contributed by atoms with Gasteiger partial charge in [-0.1, -0.05) is 29.5 Å². The second-order valence-electron chi connectivity index (χ2n) is 7.58. The van der Waals surface area contributed by atoms with Gasteiger partial charge >= 0.3 is 0 Å². The van der Waals surface area contributed by atoms with Crippen molar-refractivity contribution in [1.82, 2.24) is 19.7 Å². The van der Waals surface area contributed by atoms with Crippen LogP contribution in [0.3, 0.4) is 0 Å². The van der Waals surface area contributed by atoms with E-state index in [1.165, 1.54) is 31.5 Å². The maximum Gasteiger partial charge on any atom is 0.271 e. The summed E-state index contributed by atoms with van der Waals surface area (Å²) in [7, 11) is 0. The van der Waals surface area contributed by atoms with Crippen molar-refractivity contribution in [3.63, 3.8) is 0 Å². The SMILES string of the molecule is O=c1cc(-c2ccc(-c3cn(CC45CC(C4)C5)nn3)cc2)ccn1NO. The van der Waals surface area contributed by atoms with Crippen LogP contribution in [0.1, 0.15) is 19.3 Å². The summed E-state index contributed by atoms with van der Waals surface area (Å²) in [5.41, 5.74) is 5.58. The van der Waals surface area contributed by atoms with Gasteiger partial charge in [-0.2, -0.15) is 0 Å². The first-order valence-corrected chi connectivity index (χ1v) is 8.78. The molecular weight excluding hydrogens is 330 g/mol. The van der Waals surface area contributed by atoms with Crippen molar-refractivity contribution in [2.45, 2.75) is 25.8 Å². The zero-order chi connectivity index (χ0) is 17.7. The van der Waals surface area contributed by atoms with Crippen LogP contribution in [-0.4, -0.2) is 24.9 Å². The maximum atomic E-state index is 11.8. The number of benzene rings is 1. The van der Waals surface area contributed by atoms with Gasteiger partial charge in [0.1, 0.15) is 5.69 Å². The Morgan fingerprint density at radius 1 is 1.12 bits per heavy atom. The molecule has 132 valence electrons. The van der Waals surface area contributed by atoms with E-state index >= 15 is 0 Å². The zero-order valence-electron chi connectivity index (χ0n) is 14.2. The second kappa shape index (κ2) is 5.54. The first kappa shape index (κ1) is 15.3. The molecule has 2 N–H and O–H groups in total. The van der Waals surface area contributed by atoms with Crippen molar-refractivity contribution in [2.75, 3.05) is 5.59 Å². The highest BCUT2D eigenvalue weighted by atomic mass is 16.5. The van der Waals surface area contributed by atoms with Crippen molar-refractivity contribution in [1.29, 1.82) is 0 Å². The van der Waals surface area contributed by atoms with Crippen LogP contribution in [0, 0.1) is 11.3 Å². The van der Waals surface area contributed by atoms with Crippen LogP contribution < -0.4 is 11.1 Å². The third-order valence-corrected chi connectivity index (χ3v) is 5.74. The molecule has 3 saturated carbocycles. The summed E-state index contributed by atoms with van der Waals surface area (Å²) in [6.07, 6.45) is 7.55. The molecule has 3 fully saturated rings. The number of rotatable bonds is 5. The fraction of sp³-hybridized carbons (Fsp3) is 0.316. The second-order valence-corrected chi connectivity index (χ2v) is 7.58. The predicted molar refractivity (Wildman–Crippen MR) is 96.1 cm³/mol. The minimum Gasteiger partial charge on any atom is -0.275 e. The van der Waals surface area contributed by atoms with Crippen LogP contribution in [-0.2, 0) is 6.54 Å². The van der Waals surface area contributed by atoms with Crippen LogP contribution in [0.4, 0.5) is 0 Å². The maximum absolute atomic E-state index is 11.8. The van der Waals surface area contributed by atoms with Gasteiger partial charge in [0, 0.05) is 24.4 Å². The lowest BCUT2D eigenvalue weighted by Crippen LogP contribution is -2.54. The molecule has 0 saturated heterocycles. The van der Waals surface area contributed by atoms with Gasteiger partial charge in [0.25, 0.3) is 5.56 Å². The molecule has 3 aliphatic carbocycles. The molecule has 0 aliphatic heterocycles. The lowest BCUT2D eigenvalue weighted by Gasteiger charge is -2.61. The lowest BCUT2D eigenvalue weighted by molar-refractivity contribution is -0.120. The molecule has 0 spiro atoms. The Labute approximate surface area is 149 Å². The van der Waals surface area contributed by atoms with Gasteiger partial charge in [0.05, 0.1) is 6.20 Å². The third kappa shape index (κ3) is 2.43. The van der Waals surface area contributed by atoms with E-state index in [-0.39, 0.29) is 5.56 Å². The molecule has 0 unspecified atom stereocenters. The van der Waals surface area contributed by atoms with E-state index in [9.17, 15) is 4.79 Å². The summed E-state index contributed by atoms with van der Waals surface area (Å²) in [4.78, 5) is 11.8. The molecule has 3 aromatic rings.